The molecule has 0 amide bonds. The molecule has 8 heterocycles. The van der Waals surface area contributed by atoms with E-state index >= 15 is 0 Å². The van der Waals surface area contributed by atoms with Gasteiger partial charge in [0.2, 0.25) is 0 Å². The van der Waals surface area contributed by atoms with Crippen LogP contribution in [-0.4, -0.2) is 122 Å². The number of aromatic nitrogens is 6. The zero-order valence-electron chi connectivity index (χ0n) is 53.7. The van der Waals surface area contributed by atoms with Crippen LogP contribution in [0.25, 0.3) is 5.70 Å². The van der Waals surface area contributed by atoms with Crippen molar-refractivity contribution in [1.29, 1.82) is 10.5 Å². The van der Waals surface area contributed by atoms with Crippen molar-refractivity contribution in [3.8, 4) is 12.1 Å². The number of nitrogen functional groups attached to an aromatic ring is 2. The first kappa shape index (κ1) is 62.8. The Kier molecular flexibility index (Phi) is 18.6. The number of likely N-dealkylation sites (tertiary alicyclic amines) is 1. The van der Waals surface area contributed by atoms with E-state index in [-0.39, 0.29) is 28.1 Å². The average molecular weight is 1230 g/mol. The summed E-state index contributed by atoms with van der Waals surface area (Å²) in [7, 11) is 4.26. The van der Waals surface area contributed by atoms with Gasteiger partial charge in [-0.3, -0.25) is 9.58 Å². The summed E-state index contributed by atoms with van der Waals surface area (Å²) in [4.78, 5) is 33.1. The average Bonchev–Trinajstić information content (AvgIpc) is 1.61. The van der Waals surface area contributed by atoms with Crippen LogP contribution >= 0.6 is 11.6 Å². The highest BCUT2D eigenvalue weighted by atomic mass is 35.5. The molecule has 6 atom stereocenters. The van der Waals surface area contributed by atoms with Crippen LogP contribution in [0.4, 0.5) is 31.8 Å². The first-order chi connectivity index (χ1) is 43.1. The maximum Gasteiger partial charge on any atom is 0.147 e. The number of hydrogen-bond donors (Lipinski definition) is 2. The molecular weight excluding hydrogens is 1140 g/mol. The van der Waals surface area contributed by atoms with Gasteiger partial charge in [0.05, 0.1) is 51.2 Å². The molecule has 6 unspecified atom stereocenters. The van der Waals surface area contributed by atoms with Crippen molar-refractivity contribution in [2.75, 3.05) is 81.2 Å². The third kappa shape index (κ3) is 12.2. The Hall–Kier alpha value is -6.40. The minimum Gasteiger partial charge on any atom is -0.398 e. The smallest absolute Gasteiger partial charge is 0.147 e. The van der Waals surface area contributed by atoms with Crippen LogP contribution in [0.5, 0.6) is 0 Å². The number of benzene rings is 2. The van der Waals surface area contributed by atoms with Crippen molar-refractivity contribution >= 4 is 40.3 Å². The lowest BCUT2D eigenvalue weighted by Gasteiger charge is -2.44. The summed E-state index contributed by atoms with van der Waals surface area (Å²) in [5.41, 5.74) is 25.0. The maximum atomic E-state index is 14.9. The second kappa shape index (κ2) is 26.4. The molecule has 2 aromatic carbocycles. The van der Waals surface area contributed by atoms with Crippen molar-refractivity contribution in [2.24, 2.45) is 5.92 Å². The van der Waals surface area contributed by atoms with Gasteiger partial charge >= 0.3 is 0 Å². The van der Waals surface area contributed by atoms with E-state index in [0.29, 0.717) is 66.3 Å². The second-order valence-electron chi connectivity index (χ2n) is 27.7. The van der Waals surface area contributed by atoms with E-state index in [4.69, 9.17) is 48.1 Å². The topological polar surface area (TPSA) is 185 Å². The molecule has 4 fully saturated rings. The zero-order chi connectivity index (χ0) is 62.3. The second-order valence-corrected chi connectivity index (χ2v) is 28.1. The van der Waals surface area contributed by atoms with Crippen LogP contribution in [0.2, 0.25) is 5.02 Å². The van der Waals surface area contributed by atoms with E-state index in [1.54, 1.807) is 6.07 Å². The van der Waals surface area contributed by atoms with Gasteiger partial charge in [0, 0.05) is 93.0 Å². The molecule has 4 saturated heterocycles. The number of aryl methyl sites for hydroxylation is 4. The minimum absolute atomic E-state index is 0.0549. The van der Waals surface area contributed by atoms with E-state index in [1.165, 1.54) is 73.3 Å². The molecule has 4 N–H and O–H groups in total. The lowest BCUT2D eigenvalue weighted by atomic mass is 9.61. The van der Waals surface area contributed by atoms with Gasteiger partial charge in [0.1, 0.15) is 53.1 Å². The van der Waals surface area contributed by atoms with Gasteiger partial charge in [-0.1, -0.05) is 57.4 Å². The lowest BCUT2D eigenvalue weighted by Crippen LogP contribution is -2.40. The normalized spacial score (nSPS) is 24.5. The summed E-state index contributed by atoms with van der Waals surface area (Å²) in [5.74, 6) is 4.24. The Balaban J connectivity index is 0.000000181. The van der Waals surface area contributed by atoms with Crippen LogP contribution in [0.1, 0.15) is 208 Å². The number of hydrogen-bond acceptors (Lipinski definition) is 14. The van der Waals surface area contributed by atoms with E-state index in [9.17, 15) is 19.3 Å². The SMILES string of the molecule is C=C(c1nn2c(c1Cl)CN(c1nc(CCC34CCCN3CC(F)C4)nc3c1CCC1(CCCc4cc(F)c(N)c(C#N)c41)C3)CCC2)N(C)CC.CCCc1ccc(N)c(C#N)c1C1CCc2c(nc(CC(C)C3CCCN3C)nc2N2CCCCCC2)C1. The number of nitrogens with two attached hydrogens (primary N) is 2. The van der Waals surface area contributed by atoms with E-state index in [0.717, 1.165) is 187 Å². The van der Waals surface area contributed by atoms with Crippen molar-refractivity contribution in [2.45, 2.75) is 217 Å². The van der Waals surface area contributed by atoms with Gasteiger partial charge in [-0.15, -0.1) is 0 Å². The predicted molar refractivity (Wildman–Crippen MR) is 351 cm³/mol. The minimum atomic E-state index is -0.784. The molecule has 8 aliphatic rings. The number of fused-ring (bicyclic) bond motifs is 6. The summed E-state index contributed by atoms with van der Waals surface area (Å²) in [6.07, 6.45) is 22.5. The van der Waals surface area contributed by atoms with Crippen LogP contribution < -0.4 is 21.3 Å². The highest BCUT2D eigenvalue weighted by Crippen LogP contribution is 2.51. The number of halogens is 3. The van der Waals surface area contributed by atoms with Crippen LogP contribution in [-0.2, 0) is 69.9 Å². The third-order valence-electron chi connectivity index (χ3n) is 22.2. The molecule has 89 heavy (non-hydrogen) atoms. The molecule has 0 saturated carbocycles. The van der Waals surface area contributed by atoms with E-state index in [1.807, 2.05) is 17.8 Å². The Morgan fingerprint density at radius 1 is 0.843 bits per heavy atom. The number of anilines is 4. The Morgan fingerprint density at radius 2 is 1.60 bits per heavy atom. The Morgan fingerprint density at radius 3 is 2.35 bits per heavy atom. The lowest BCUT2D eigenvalue weighted by molar-refractivity contribution is 0.181. The van der Waals surface area contributed by atoms with Crippen molar-refractivity contribution in [3.63, 3.8) is 0 Å². The fourth-order valence-electron chi connectivity index (χ4n) is 17.5. The maximum absolute atomic E-state index is 14.9. The van der Waals surface area contributed by atoms with Gasteiger partial charge in [-0.25, -0.2) is 28.7 Å². The molecule has 474 valence electrons. The highest BCUT2D eigenvalue weighted by Gasteiger charge is 2.49. The molecule has 0 bridgehead atoms. The summed E-state index contributed by atoms with van der Waals surface area (Å²) < 4.78 is 31.7. The van der Waals surface area contributed by atoms with Gasteiger partial charge in [0.25, 0.3) is 0 Å². The van der Waals surface area contributed by atoms with Crippen LogP contribution in [0.15, 0.2) is 24.8 Å². The first-order valence-corrected chi connectivity index (χ1v) is 34.3. The number of nitrogens with zero attached hydrogens (tertiary/aromatic N) is 13. The molecule has 5 aromatic rings. The zero-order valence-corrected chi connectivity index (χ0v) is 54.4. The monoisotopic (exact) mass is 1230 g/mol. The molecule has 13 rings (SSSR count). The van der Waals surface area contributed by atoms with E-state index < -0.39 is 12.0 Å². The Bertz CT molecular complexity index is 3540. The van der Waals surface area contributed by atoms with Crippen LogP contribution in [0.3, 0.4) is 0 Å². The standard InChI is InChI=1S/C39H48ClF2N9.C32H46N6/c1-4-48(3)24(2)36-34(40)31-23-49(15-7-17-51(31)47-36)37-27-9-13-38(11-5-8-25-18-29(42)35(44)28(21-43)33(25)38)20-30(27)45-32(46-37)10-14-39-12-6-16-50(39)22-26(41)19-39;1-4-10-23-13-15-27(34)26(21-33)31(23)24-12-14-25-28(20-24)35-30(19-22(2)29-11-9-16-37(29)3)36-32(25)38-17-7-5-6-8-18-38/h18,26H,2,4-17,19-20,22-23,44H2,1,3H3;13,15,22,24,29H,4-12,14,16-20,34H2,1-3H3. The molecule has 15 nitrogen and oxygen atoms in total. The largest absolute Gasteiger partial charge is 0.398 e. The van der Waals surface area contributed by atoms with Crippen molar-refractivity contribution in [3.05, 3.63) is 115 Å². The van der Waals surface area contributed by atoms with Crippen molar-refractivity contribution in [1.82, 2.24) is 44.4 Å². The summed E-state index contributed by atoms with van der Waals surface area (Å²) in [5, 5.41) is 25.9. The molecule has 3 aromatic heterocycles. The third-order valence-corrected chi connectivity index (χ3v) is 22.6. The Labute approximate surface area is 532 Å². The fourth-order valence-corrected chi connectivity index (χ4v) is 17.8. The summed E-state index contributed by atoms with van der Waals surface area (Å²) in [6.45, 7) is 18.7. The van der Waals surface area contributed by atoms with Crippen molar-refractivity contribution < 1.29 is 8.78 Å². The summed E-state index contributed by atoms with van der Waals surface area (Å²) in [6, 6.07) is 11.0. The van der Waals surface area contributed by atoms with Crippen LogP contribution in [0, 0.1) is 34.4 Å². The molecule has 3 aliphatic carbocycles. The predicted octanol–water partition coefficient (Wildman–Crippen LogP) is 12.3. The first-order valence-electron chi connectivity index (χ1n) is 33.9. The fraction of sp³-hybridized carbons (Fsp3) is 0.620. The molecule has 0 radical (unpaired) electrons. The van der Waals surface area contributed by atoms with Gasteiger partial charge in [-0.2, -0.15) is 15.6 Å². The van der Waals surface area contributed by atoms with E-state index in [2.05, 4.69) is 77.1 Å². The van der Waals surface area contributed by atoms with Gasteiger partial charge in [-0.05, 0) is 195 Å². The molecule has 18 heteroatoms. The molecule has 5 aliphatic heterocycles. The quantitative estimate of drug-likeness (QED) is 0.100. The number of alkyl halides is 1. The molecular formula is C71H94ClF2N15. The summed E-state index contributed by atoms with van der Waals surface area (Å²) >= 11 is 7.09. The van der Waals surface area contributed by atoms with Gasteiger partial charge < -0.3 is 31.1 Å². The number of rotatable bonds is 14. The highest BCUT2D eigenvalue weighted by molar-refractivity contribution is 6.32. The molecule has 1 spiro atoms. The van der Waals surface area contributed by atoms with Gasteiger partial charge in [0.15, 0.2) is 0 Å². The number of nitriles is 2.